The number of hydrogen-bond acceptors (Lipinski definition) is 5. The Labute approximate surface area is 125 Å². The van der Waals surface area contributed by atoms with Crippen molar-refractivity contribution in [2.75, 3.05) is 25.4 Å². The van der Waals surface area contributed by atoms with Crippen LogP contribution < -0.4 is 4.74 Å². The van der Waals surface area contributed by atoms with E-state index in [1.807, 2.05) is 4.90 Å². The molecule has 1 aromatic rings. The molecule has 0 saturated carbocycles. The average Bonchev–Trinajstić information content (AvgIpc) is 2.96. The molecule has 1 atom stereocenters. The van der Waals surface area contributed by atoms with E-state index in [2.05, 4.69) is 4.99 Å². The number of halogens is 2. The summed E-state index contributed by atoms with van der Waals surface area (Å²) in [6.07, 6.45) is 0. The number of benzene rings is 1. The van der Waals surface area contributed by atoms with Crippen molar-refractivity contribution >= 4 is 40.1 Å². The Balaban J connectivity index is 1.72. The lowest BCUT2D eigenvalue weighted by Crippen LogP contribution is -2.51. The molecule has 7 heteroatoms. The Morgan fingerprint density at radius 3 is 3.16 bits per heavy atom. The van der Waals surface area contributed by atoms with Gasteiger partial charge < -0.3 is 14.7 Å². The van der Waals surface area contributed by atoms with Gasteiger partial charge in [0.25, 0.3) is 0 Å². The van der Waals surface area contributed by atoms with E-state index in [9.17, 15) is 5.11 Å². The molecule has 0 amide bonds. The Morgan fingerprint density at radius 1 is 1.47 bits per heavy atom. The molecule has 1 fully saturated rings. The van der Waals surface area contributed by atoms with E-state index in [0.29, 0.717) is 21.5 Å². The fourth-order valence-corrected chi connectivity index (χ4v) is 3.63. The second-order valence-electron chi connectivity index (χ2n) is 4.45. The van der Waals surface area contributed by atoms with Crippen LogP contribution in [-0.4, -0.2) is 46.3 Å². The first-order chi connectivity index (χ1) is 9.08. The average molecular weight is 319 g/mol. The van der Waals surface area contributed by atoms with E-state index >= 15 is 0 Å². The molecule has 1 N–H and O–H groups in total. The third-order valence-electron chi connectivity index (χ3n) is 3.09. The zero-order valence-corrected chi connectivity index (χ0v) is 12.3. The largest absolute Gasteiger partial charge is 0.487 e. The van der Waals surface area contributed by atoms with Gasteiger partial charge in [-0.25, -0.2) is 0 Å². The van der Waals surface area contributed by atoms with Crippen LogP contribution in [0.1, 0.15) is 0 Å². The molecular weight excluding hydrogens is 307 g/mol. The Kier molecular flexibility index (Phi) is 3.55. The van der Waals surface area contributed by atoms with Crippen molar-refractivity contribution in [1.29, 1.82) is 0 Å². The van der Waals surface area contributed by atoms with Crippen LogP contribution in [0.4, 0.5) is 0 Å². The molecule has 3 rings (SSSR count). The molecule has 1 aromatic carbocycles. The van der Waals surface area contributed by atoms with Crippen LogP contribution in [0.2, 0.25) is 10.0 Å². The first kappa shape index (κ1) is 13.4. The molecule has 2 aliphatic rings. The third-order valence-corrected chi connectivity index (χ3v) is 4.85. The predicted octanol–water partition coefficient (Wildman–Crippen LogP) is 2.48. The van der Waals surface area contributed by atoms with Crippen molar-refractivity contribution in [3.05, 3.63) is 28.2 Å². The number of nitrogens with zero attached hydrogens (tertiary/aromatic N) is 2. The quantitative estimate of drug-likeness (QED) is 0.930. The third kappa shape index (κ3) is 2.52. The van der Waals surface area contributed by atoms with Crippen LogP contribution in [0.15, 0.2) is 23.2 Å². The van der Waals surface area contributed by atoms with Gasteiger partial charge in [0.2, 0.25) is 0 Å². The molecule has 1 saturated heterocycles. The second-order valence-corrected chi connectivity index (χ2v) is 6.24. The second kappa shape index (κ2) is 5.05. The van der Waals surface area contributed by atoms with Gasteiger partial charge in [-0.05, 0) is 12.1 Å². The van der Waals surface area contributed by atoms with Gasteiger partial charge in [-0.3, -0.25) is 4.99 Å². The van der Waals surface area contributed by atoms with Crippen LogP contribution in [-0.2, 0) is 0 Å². The molecule has 102 valence electrons. The number of fused-ring (bicyclic) bond motifs is 1. The smallest absolute Gasteiger partial charge is 0.184 e. The highest BCUT2D eigenvalue weighted by Gasteiger charge is 2.45. The highest BCUT2D eigenvalue weighted by molar-refractivity contribution is 8.14. The van der Waals surface area contributed by atoms with Crippen LogP contribution in [0.25, 0.3) is 0 Å². The molecule has 0 aliphatic carbocycles. The van der Waals surface area contributed by atoms with Crippen molar-refractivity contribution in [1.82, 2.24) is 4.90 Å². The molecule has 19 heavy (non-hydrogen) atoms. The molecule has 2 heterocycles. The van der Waals surface area contributed by atoms with Gasteiger partial charge in [-0.15, -0.1) is 0 Å². The minimum absolute atomic E-state index is 0.138. The van der Waals surface area contributed by atoms with Gasteiger partial charge >= 0.3 is 0 Å². The van der Waals surface area contributed by atoms with Crippen molar-refractivity contribution in [2.45, 2.75) is 5.72 Å². The topological polar surface area (TPSA) is 45.1 Å². The summed E-state index contributed by atoms with van der Waals surface area (Å²) in [5, 5.41) is 12.5. The highest BCUT2D eigenvalue weighted by Crippen LogP contribution is 2.35. The van der Waals surface area contributed by atoms with E-state index in [-0.39, 0.29) is 6.61 Å². The standard InChI is InChI=1S/C12H12Cl2N2O2S/c13-8-1-2-9(14)10(5-8)18-6-12(17)7-19-11-15-3-4-16(11)12/h1-2,5,17H,3-4,6-7H2. The molecule has 1 unspecified atom stereocenters. The van der Waals surface area contributed by atoms with E-state index in [0.717, 1.165) is 18.3 Å². The molecule has 2 aliphatic heterocycles. The molecule has 4 nitrogen and oxygen atoms in total. The zero-order chi connectivity index (χ0) is 13.5. The number of hydrogen-bond donors (Lipinski definition) is 1. The summed E-state index contributed by atoms with van der Waals surface area (Å²) in [5.74, 6) is 1.03. The van der Waals surface area contributed by atoms with Crippen LogP contribution in [0, 0.1) is 0 Å². The lowest BCUT2D eigenvalue weighted by molar-refractivity contribution is -0.0694. The first-order valence-corrected chi connectivity index (χ1v) is 7.58. The number of aliphatic imine (C=N–C) groups is 1. The van der Waals surface area contributed by atoms with Gasteiger partial charge in [0.05, 0.1) is 17.3 Å². The van der Waals surface area contributed by atoms with Crippen LogP contribution in [0.5, 0.6) is 5.75 Å². The zero-order valence-electron chi connectivity index (χ0n) is 9.97. The van der Waals surface area contributed by atoms with Crippen molar-refractivity contribution in [2.24, 2.45) is 4.99 Å². The summed E-state index contributed by atoms with van der Waals surface area (Å²) < 4.78 is 5.64. The van der Waals surface area contributed by atoms with Gasteiger partial charge in [-0.2, -0.15) is 0 Å². The van der Waals surface area contributed by atoms with Gasteiger partial charge in [0.15, 0.2) is 10.9 Å². The van der Waals surface area contributed by atoms with Crippen LogP contribution >= 0.6 is 35.0 Å². The summed E-state index contributed by atoms with van der Waals surface area (Å²) in [4.78, 5) is 6.21. The summed E-state index contributed by atoms with van der Waals surface area (Å²) >= 11 is 13.5. The molecule has 0 spiro atoms. The van der Waals surface area contributed by atoms with E-state index in [1.54, 1.807) is 30.0 Å². The van der Waals surface area contributed by atoms with Crippen molar-refractivity contribution in [3.63, 3.8) is 0 Å². The number of thioether (sulfide) groups is 1. The van der Waals surface area contributed by atoms with Crippen molar-refractivity contribution in [3.8, 4) is 5.75 Å². The van der Waals surface area contributed by atoms with E-state index < -0.39 is 5.72 Å². The van der Waals surface area contributed by atoms with Gasteiger partial charge in [-0.1, -0.05) is 35.0 Å². The number of rotatable bonds is 3. The van der Waals surface area contributed by atoms with Crippen LogP contribution in [0.3, 0.4) is 0 Å². The fraction of sp³-hybridized carbons (Fsp3) is 0.417. The molecule has 0 bridgehead atoms. The highest BCUT2D eigenvalue weighted by atomic mass is 35.5. The molecular formula is C12H12Cl2N2O2S. The molecule has 0 aromatic heterocycles. The lowest BCUT2D eigenvalue weighted by atomic mass is 10.2. The minimum atomic E-state index is -1.02. The molecule has 0 radical (unpaired) electrons. The van der Waals surface area contributed by atoms with Gasteiger partial charge in [0, 0.05) is 17.6 Å². The number of aliphatic hydroxyl groups is 1. The lowest BCUT2D eigenvalue weighted by Gasteiger charge is -2.31. The number of amidine groups is 1. The normalized spacial score (nSPS) is 25.4. The van der Waals surface area contributed by atoms with E-state index in [4.69, 9.17) is 27.9 Å². The Hall–Kier alpha value is -0.620. The maximum atomic E-state index is 10.6. The fourth-order valence-electron chi connectivity index (χ4n) is 2.10. The monoisotopic (exact) mass is 318 g/mol. The van der Waals surface area contributed by atoms with Crippen molar-refractivity contribution < 1.29 is 9.84 Å². The SMILES string of the molecule is OC1(COc2cc(Cl)ccc2Cl)CSC2=NCCN21. The van der Waals surface area contributed by atoms with E-state index in [1.165, 1.54) is 0 Å². The maximum absolute atomic E-state index is 10.6. The Morgan fingerprint density at radius 2 is 2.32 bits per heavy atom. The summed E-state index contributed by atoms with van der Waals surface area (Å²) in [5.41, 5.74) is -1.02. The first-order valence-electron chi connectivity index (χ1n) is 5.84. The summed E-state index contributed by atoms with van der Waals surface area (Å²) in [7, 11) is 0. The maximum Gasteiger partial charge on any atom is 0.184 e. The minimum Gasteiger partial charge on any atom is -0.487 e. The summed E-state index contributed by atoms with van der Waals surface area (Å²) in [6, 6.07) is 5.02. The summed E-state index contributed by atoms with van der Waals surface area (Å²) in [6.45, 7) is 1.59. The predicted molar refractivity (Wildman–Crippen MR) is 78.4 cm³/mol. The Bertz CT molecular complexity index is 540. The van der Waals surface area contributed by atoms with Gasteiger partial charge in [0.1, 0.15) is 12.4 Å². The number of ether oxygens (including phenoxy) is 1.